The van der Waals surface area contributed by atoms with E-state index in [-0.39, 0.29) is 11.4 Å². The second-order valence-electron chi connectivity index (χ2n) is 6.46. The average molecular weight is 425 g/mol. The molecule has 0 aromatic heterocycles. The van der Waals surface area contributed by atoms with E-state index in [0.717, 1.165) is 9.87 Å². The Morgan fingerprint density at radius 1 is 1.14 bits per heavy atom. The molecule has 0 fully saturated rings. The maximum Gasteiger partial charge on any atom is 0.243 e. The highest BCUT2D eigenvalue weighted by Gasteiger charge is 2.38. The molecule has 0 spiro atoms. The number of hydrogen-bond acceptors (Lipinski definition) is 4. The van der Waals surface area contributed by atoms with E-state index in [9.17, 15) is 18.3 Å². The largest absolute Gasteiger partial charge is 0.391 e. The van der Waals surface area contributed by atoms with Crippen molar-refractivity contribution in [2.24, 2.45) is 0 Å². The summed E-state index contributed by atoms with van der Waals surface area (Å²) in [5.41, 5.74) is 1.07. The maximum atomic E-state index is 13.2. The summed E-state index contributed by atoms with van der Waals surface area (Å²) >= 11 is 5.87. The van der Waals surface area contributed by atoms with E-state index in [1.54, 1.807) is 0 Å². The molecule has 0 heterocycles. The van der Waals surface area contributed by atoms with Crippen molar-refractivity contribution in [2.45, 2.75) is 36.8 Å². The van der Waals surface area contributed by atoms with Gasteiger partial charge in [-0.25, -0.2) is 8.42 Å². The molecular weight excluding hydrogens is 400 g/mol. The van der Waals surface area contributed by atoms with E-state index in [4.69, 9.17) is 11.6 Å². The quantitative estimate of drug-likeness (QED) is 0.647. The van der Waals surface area contributed by atoms with Gasteiger partial charge in [-0.3, -0.25) is 4.79 Å². The Morgan fingerprint density at radius 2 is 1.75 bits per heavy atom. The minimum Gasteiger partial charge on any atom is -0.391 e. The van der Waals surface area contributed by atoms with Crippen molar-refractivity contribution in [3.05, 3.63) is 65.2 Å². The van der Waals surface area contributed by atoms with Crippen LogP contribution in [0.5, 0.6) is 0 Å². The second-order valence-corrected chi connectivity index (χ2v) is 8.79. The third kappa shape index (κ3) is 5.54. The Hall–Kier alpha value is -1.93. The van der Waals surface area contributed by atoms with Gasteiger partial charge >= 0.3 is 0 Å². The van der Waals surface area contributed by atoms with Gasteiger partial charge in [0.1, 0.15) is 6.04 Å². The smallest absolute Gasteiger partial charge is 0.243 e. The molecule has 28 heavy (non-hydrogen) atoms. The molecule has 0 saturated heterocycles. The molecule has 0 saturated carbocycles. The summed E-state index contributed by atoms with van der Waals surface area (Å²) in [7, 11) is -2.61. The van der Waals surface area contributed by atoms with Gasteiger partial charge < -0.3 is 10.4 Å². The van der Waals surface area contributed by atoms with E-state index in [0.29, 0.717) is 17.9 Å². The van der Waals surface area contributed by atoms with Crippen LogP contribution in [-0.2, 0) is 21.2 Å². The fourth-order valence-corrected chi connectivity index (χ4v) is 4.79. The van der Waals surface area contributed by atoms with Crippen molar-refractivity contribution >= 4 is 27.5 Å². The zero-order chi connectivity index (χ0) is 20.7. The molecule has 8 heteroatoms. The van der Waals surface area contributed by atoms with Crippen LogP contribution in [0.25, 0.3) is 0 Å². The number of carbonyl (C=O) groups is 1. The summed E-state index contributed by atoms with van der Waals surface area (Å²) in [6.07, 6.45) is -0.0381. The van der Waals surface area contributed by atoms with Gasteiger partial charge in [-0.05, 0) is 49.6 Å². The van der Waals surface area contributed by atoms with Crippen LogP contribution in [0.4, 0.5) is 0 Å². The summed E-state index contributed by atoms with van der Waals surface area (Å²) < 4.78 is 27.6. The SMILES string of the molecule is CNC(=O)C([C@@H](C)O)N(CCCc1ccccc1)S(=O)(=O)c1ccc(Cl)cc1. The molecule has 2 aromatic carbocycles. The van der Waals surface area contributed by atoms with E-state index in [1.807, 2.05) is 30.3 Å². The molecule has 0 aliphatic heterocycles. The Balaban J connectivity index is 2.33. The number of aryl methyl sites for hydroxylation is 1. The van der Waals surface area contributed by atoms with Crippen LogP contribution in [0.1, 0.15) is 18.9 Å². The van der Waals surface area contributed by atoms with Crippen LogP contribution < -0.4 is 5.32 Å². The summed E-state index contributed by atoms with van der Waals surface area (Å²) in [4.78, 5) is 12.4. The van der Waals surface area contributed by atoms with Crippen LogP contribution in [0.2, 0.25) is 5.02 Å². The predicted octanol–water partition coefficient (Wildman–Crippen LogP) is 2.46. The first-order valence-corrected chi connectivity index (χ1v) is 10.8. The zero-order valence-corrected chi connectivity index (χ0v) is 17.4. The normalized spacial score (nSPS) is 13.9. The lowest BCUT2D eigenvalue weighted by Crippen LogP contribution is -2.54. The standard InChI is InChI=1S/C20H25ClN2O4S/c1-15(24)19(20(25)22-2)23(14-6-9-16-7-4-3-5-8-16)28(26,27)18-12-10-17(21)11-13-18/h3-5,7-8,10-13,15,19,24H,6,9,14H2,1-2H3,(H,22,25)/t15-,19?/m1/s1. The molecule has 2 N–H and O–H groups in total. The summed E-state index contributed by atoms with van der Waals surface area (Å²) in [6, 6.07) is 14.2. The number of likely N-dealkylation sites (N-methyl/N-ethyl adjacent to an activating group) is 1. The molecule has 0 radical (unpaired) electrons. The van der Waals surface area contributed by atoms with Crippen LogP contribution in [0.3, 0.4) is 0 Å². The van der Waals surface area contributed by atoms with Crippen LogP contribution in [0.15, 0.2) is 59.5 Å². The Bertz CT molecular complexity index is 871. The number of hydrogen-bond donors (Lipinski definition) is 2. The van der Waals surface area contributed by atoms with Crippen molar-refractivity contribution in [3.8, 4) is 0 Å². The maximum absolute atomic E-state index is 13.2. The van der Waals surface area contributed by atoms with Gasteiger partial charge in [-0.1, -0.05) is 41.9 Å². The van der Waals surface area contributed by atoms with Crippen LogP contribution in [-0.4, -0.2) is 49.5 Å². The highest BCUT2D eigenvalue weighted by Crippen LogP contribution is 2.23. The van der Waals surface area contributed by atoms with E-state index in [1.165, 1.54) is 38.2 Å². The van der Waals surface area contributed by atoms with Crippen molar-refractivity contribution < 1.29 is 18.3 Å². The number of nitrogens with zero attached hydrogens (tertiary/aromatic N) is 1. The fourth-order valence-electron chi connectivity index (χ4n) is 2.97. The molecule has 0 aliphatic rings. The van der Waals surface area contributed by atoms with Crippen LogP contribution >= 0.6 is 11.6 Å². The fraction of sp³-hybridized carbons (Fsp3) is 0.350. The molecule has 1 unspecified atom stereocenters. The Morgan fingerprint density at radius 3 is 2.29 bits per heavy atom. The van der Waals surface area contributed by atoms with E-state index < -0.39 is 28.1 Å². The number of aliphatic hydroxyl groups is 1. The van der Waals surface area contributed by atoms with E-state index >= 15 is 0 Å². The topological polar surface area (TPSA) is 86.7 Å². The summed E-state index contributed by atoms with van der Waals surface area (Å²) in [5, 5.41) is 13.0. The van der Waals surface area contributed by atoms with Gasteiger partial charge in [0.15, 0.2) is 0 Å². The first kappa shape index (κ1) is 22.4. The second kappa shape index (κ2) is 10.0. The number of rotatable bonds is 9. The molecule has 152 valence electrons. The molecule has 2 atom stereocenters. The third-order valence-corrected chi connectivity index (χ3v) is 6.54. The lowest BCUT2D eigenvalue weighted by Gasteiger charge is -2.31. The molecule has 0 aliphatic carbocycles. The van der Waals surface area contributed by atoms with Crippen molar-refractivity contribution in [2.75, 3.05) is 13.6 Å². The Kier molecular flexibility index (Phi) is 8.00. The number of halogens is 1. The predicted molar refractivity (Wildman–Crippen MR) is 110 cm³/mol. The molecular formula is C20H25ClN2O4S. The van der Waals surface area contributed by atoms with E-state index in [2.05, 4.69) is 5.32 Å². The zero-order valence-electron chi connectivity index (χ0n) is 15.9. The number of sulfonamides is 1. The van der Waals surface area contributed by atoms with Gasteiger partial charge in [0, 0.05) is 18.6 Å². The van der Waals surface area contributed by atoms with Crippen LogP contribution in [0, 0.1) is 0 Å². The molecule has 2 aromatic rings. The monoisotopic (exact) mass is 424 g/mol. The van der Waals surface area contributed by atoms with Crippen molar-refractivity contribution in [3.63, 3.8) is 0 Å². The highest BCUT2D eigenvalue weighted by molar-refractivity contribution is 7.89. The molecule has 0 bridgehead atoms. The minimum atomic E-state index is -4.02. The summed E-state index contributed by atoms with van der Waals surface area (Å²) in [5.74, 6) is -0.563. The molecule has 6 nitrogen and oxygen atoms in total. The number of carbonyl (C=O) groups excluding carboxylic acids is 1. The summed E-state index contributed by atoms with van der Waals surface area (Å²) in [6.45, 7) is 1.49. The highest BCUT2D eigenvalue weighted by atomic mass is 35.5. The average Bonchev–Trinajstić information content (AvgIpc) is 2.67. The third-order valence-electron chi connectivity index (χ3n) is 4.39. The van der Waals surface area contributed by atoms with Gasteiger partial charge in [0.25, 0.3) is 0 Å². The van der Waals surface area contributed by atoms with Gasteiger partial charge in [0.05, 0.1) is 11.0 Å². The Labute approximate surface area is 171 Å². The lowest BCUT2D eigenvalue weighted by molar-refractivity contribution is -0.127. The number of amides is 1. The minimum absolute atomic E-state index is 0.0196. The lowest BCUT2D eigenvalue weighted by atomic mass is 10.1. The number of benzene rings is 2. The van der Waals surface area contributed by atoms with Gasteiger partial charge in [-0.2, -0.15) is 4.31 Å². The van der Waals surface area contributed by atoms with Crippen molar-refractivity contribution in [1.29, 1.82) is 0 Å². The molecule has 2 rings (SSSR count). The number of nitrogens with one attached hydrogen (secondary N) is 1. The first-order valence-electron chi connectivity index (χ1n) is 8.98. The van der Waals surface area contributed by atoms with Gasteiger partial charge in [-0.15, -0.1) is 0 Å². The number of aliphatic hydroxyl groups excluding tert-OH is 1. The van der Waals surface area contributed by atoms with Gasteiger partial charge in [0.2, 0.25) is 15.9 Å². The first-order chi connectivity index (χ1) is 13.3. The van der Waals surface area contributed by atoms with Crippen molar-refractivity contribution in [1.82, 2.24) is 9.62 Å². The molecule has 1 amide bonds.